The summed E-state index contributed by atoms with van der Waals surface area (Å²) in [6, 6.07) is 5.64. The lowest BCUT2D eigenvalue weighted by atomic mass is 9.90. The number of hydrogen-bond donors (Lipinski definition) is 1. The zero-order valence-electron chi connectivity index (χ0n) is 13.3. The van der Waals surface area contributed by atoms with E-state index in [1.165, 1.54) is 24.3 Å². The number of carbonyl (C=O) groups is 1. The first-order chi connectivity index (χ1) is 10.9. The Bertz CT molecular complexity index is 631. The monoisotopic (exact) mass is 342 g/mol. The minimum atomic E-state index is -3.18. The standard InChI is InChI=1S/C16H23FN2O3S/c1-2-23(21,22)18-9-11-19-10-3-4-14(12-19)16(20)13-5-7-15(17)8-6-13/h5-8,14,18H,2-4,9-12H2,1H3. The Hall–Kier alpha value is -1.31. The topological polar surface area (TPSA) is 66.5 Å². The van der Waals surface area contributed by atoms with Gasteiger partial charge < -0.3 is 4.90 Å². The molecule has 1 N–H and O–H groups in total. The van der Waals surface area contributed by atoms with Gasteiger partial charge in [-0.2, -0.15) is 0 Å². The summed E-state index contributed by atoms with van der Waals surface area (Å²) in [5.41, 5.74) is 0.532. The molecule has 5 nitrogen and oxygen atoms in total. The zero-order chi connectivity index (χ0) is 16.9. The maximum absolute atomic E-state index is 12.9. The maximum Gasteiger partial charge on any atom is 0.211 e. The van der Waals surface area contributed by atoms with E-state index in [9.17, 15) is 17.6 Å². The Labute approximate surface area is 136 Å². The lowest BCUT2D eigenvalue weighted by Gasteiger charge is -2.32. The van der Waals surface area contributed by atoms with Crippen molar-refractivity contribution in [2.75, 3.05) is 31.9 Å². The summed E-state index contributed by atoms with van der Waals surface area (Å²) in [7, 11) is -3.18. The van der Waals surface area contributed by atoms with Crippen LogP contribution in [-0.2, 0) is 10.0 Å². The smallest absolute Gasteiger partial charge is 0.211 e. The van der Waals surface area contributed by atoms with Crippen LogP contribution in [0.3, 0.4) is 0 Å². The van der Waals surface area contributed by atoms with Crippen molar-refractivity contribution in [2.24, 2.45) is 5.92 Å². The Morgan fingerprint density at radius 2 is 2.04 bits per heavy atom. The highest BCUT2D eigenvalue weighted by molar-refractivity contribution is 7.89. The molecule has 1 unspecified atom stereocenters. The molecule has 0 saturated carbocycles. The van der Waals surface area contributed by atoms with Crippen LogP contribution in [0.1, 0.15) is 30.1 Å². The molecule has 7 heteroatoms. The van der Waals surface area contributed by atoms with Crippen LogP contribution in [0.5, 0.6) is 0 Å². The molecule has 1 saturated heterocycles. The minimum absolute atomic E-state index is 0.0313. The van der Waals surface area contributed by atoms with Crippen LogP contribution in [0.2, 0.25) is 0 Å². The molecule has 0 radical (unpaired) electrons. The maximum atomic E-state index is 12.9. The fraction of sp³-hybridized carbons (Fsp3) is 0.562. The van der Waals surface area contributed by atoms with Crippen molar-refractivity contribution >= 4 is 15.8 Å². The minimum Gasteiger partial charge on any atom is -0.301 e. The molecular weight excluding hydrogens is 319 g/mol. The van der Waals surface area contributed by atoms with Crippen molar-refractivity contribution in [3.05, 3.63) is 35.6 Å². The third kappa shape index (κ3) is 5.37. The van der Waals surface area contributed by atoms with Gasteiger partial charge in [0, 0.05) is 31.1 Å². The molecule has 2 rings (SSSR count). The molecule has 128 valence electrons. The summed E-state index contributed by atoms with van der Waals surface area (Å²) < 4.78 is 38.3. The van der Waals surface area contributed by atoms with Crippen LogP contribution in [0.15, 0.2) is 24.3 Å². The highest BCUT2D eigenvalue weighted by Gasteiger charge is 2.26. The van der Waals surface area contributed by atoms with E-state index in [0.29, 0.717) is 25.2 Å². The second kappa shape index (κ2) is 7.99. The van der Waals surface area contributed by atoms with E-state index in [2.05, 4.69) is 9.62 Å². The number of likely N-dealkylation sites (tertiary alicyclic amines) is 1. The van der Waals surface area contributed by atoms with Crippen molar-refractivity contribution in [1.29, 1.82) is 0 Å². The van der Waals surface area contributed by atoms with Gasteiger partial charge in [-0.05, 0) is 50.6 Å². The number of rotatable bonds is 7. The molecule has 23 heavy (non-hydrogen) atoms. The lowest BCUT2D eigenvalue weighted by Crippen LogP contribution is -2.42. The number of Topliss-reactive ketones (excluding diaryl/α,β-unsaturated/α-hetero) is 1. The molecule has 0 spiro atoms. The van der Waals surface area contributed by atoms with Gasteiger partial charge in [0.1, 0.15) is 5.82 Å². The second-order valence-corrected chi connectivity index (χ2v) is 7.90. The Balaban J connectivity index is 1.88. The molecule has 0 bridgehead atoms. The Kier molecular flexibility index (Phi) is 6.26. The molecule has 1 atom stereocenters. The fourth-order valence-electron chi connectivity index (χ4n) is 2.78. The SMILES string of the molecule is CCS(=O)(=O)NCCN1CCCC(C(=O)c2ccc(F)cc2)C1. The fourth-order valence-corrected chi connectivity index (χ4v) is 3.39. The van der Waals surface area contributed by atoms with Crippen molar-refractivity contribution in [1.82, 2.24) is 9.62 Å². The molecule has 1 aliphatic rings. The van der Waals surface area contributed by atoms with Gasteiger partial charge in [0.15, 0.2) is 5.78 Å². The number of sulfonamides is 1. The predicted molar refractivity (Wildman–Crippen MR) is 87.4 cm³/mol. The first-order valence-corrected chi connectivity index (χ1v) is 9.56. The Morgan fingerprint density at radius 1 is 1.35 bits per heavy atom. The van der Waals surface area contributed by atoms with Gasteiger partial charge in [0.25, 0.3) is 0 Å². The van der Waals surface area contributed by atoms with E-state index in [4.69, 9.17) is 0 Å². The molecule has 0 aliphatic carbocycles. The van der Waals surface area contributed by atoms with Crippen molar-refractivity contribution in [3.63, 3.8) is 0 Å². The summed E-state index contributed by atoms with van der Waals surface area (Å²) in [5, 5.41) is 0. The van der Waals surface area contributed by atoms with Gasteiger partial charge in [0.05, 0.1) is 5.75 Å². The van der Waals surface area contributed by atoms with Gasteiger partial charge in [-0.15, -0.1) is 0 Å². The summed E-state index contributed by atoms with van der Waals surface area (Å²) in [6.45, 7) is 4.02. The number of hydrogen-bond acceptors (Lipinski definition) is 4. The third-order valence-electron chi connectivity index (χ3n) is 4.14. The van der Waals surface area contributed by atoms with Crippen molar-refractivity contribution in [2.45, 2.75) is 19.8 Å². The first-order valence-electron chi connectivity index (χ1n) is 7.91. The normalized spacial score (nSPS) is 19.7. The summed E-state index contributed by atoms with van der Waals surface area (Å²) in [5.74, 6) is -0.366. The van der Waals surface area contributed by atoms with Crippen LogP contribution < -0.4 is 4.72 Å². The Morgan fingerprint density at radius 3 is 2.70 bits per heavy atom. The van der Waals surface area contributed by atoms with Crippen LogP contribution >= 0.6 is 0 Å². The number of piperidine rings is 1. The van der Waals surface area contributed by atoms with Crippen LogP contribution in [0.25, 0.3) is 0 Å². The van der Waals surface area contributed by atoms with Gasteiger partial charge in [-0.25, -0.2) is 17.5 Å². The first kappa shape index (κ1) is 18.0. The highest BCUT2D eigenvalue weighted by Crippen LogP contribution is 2.21. The van der Waals surface area contributed by atoms with Crippen LogP contribution in [0.4, 0.5) is 4.39 Å². The molecule has 0 aromatic heterocycles. The largest absolute Gasteiger partial charge is 0.301 e. The number of halogens is 1. The quantitative estimate of drug-likeness (QED) is 0.766. The van der Waals surface area contributed by atoms with E-state index >= 15 is 0 Å². The number of benzene rings is 1. The average molecular weight is 342 g/mol. The molecule has 1 fully saturated rings. The molecule has 1 heterocycles. The predicted octanol–water partition coefficient (Wildman–Crippen LogP) is 1.66. The lowest BCUT2D eigenvalue weighted by molar-refractivity contribution is 0.0822. The number of nitrogens with zero attached hydrogens (tertiary/aromatic N) is 1. The van der Waals surface area contributed by atoms with E-state index in [1.807, 2.05) is 0 Å². The molecule has 1 aliphatic heterocycles. The van der Waals surface area contributed by atoms with E-state index in [0.717, 1.165) is 19.4 Å². The average Bonchev–Trinajstić information content (AvgIpc) is 2.55. The molecule has 0 amide bonds. The number of ketones is 1. The molecule has 1 aromatic carbocycles. The highest BCUT2D eigenvalue weighted by atomic mass is 32.2. The van der Waals surface area contributed by atoms with Gasteiger partial charge in [-0.1, -0.05) is 0 Å². The van der Waals surface area contributed by atoms with Crippen LogP contribution in [0, 0.1) is 11.7 Å². The number of nitrogens with one attached hydrogen (secondary N) is 1. The zero-order valence-corrected chi connectivity index (χ0v) is 14.1. The second-order valence-electron chi connectivity index (χ2n) is 5.81. The van der Waals surface area contributed by atoms with Gasteiger partial charge in [0.2, 0.25) is 10.0 Å². The third-order valence-corrected chi connectivity index (χ3v) is 5.54. The summed E-state index contributed by atoms with van der Waals surface area (Å²) in [6.07, 6.45) is 1.71. The van der Waals surface area contributed by atoms with Crippen LogP contribution in [-0.4, -0.2) is 51.0 Å². The van der Waals surface area contributed by atoms with Gasteiger partial charge in [-0.3, -0.25) is 4.79 Å². The summed E-state index contributed by atoms with van der Waals surface area (Å²) >= 11 is 0. The van der Waals surface area contributed by atoms with E-state index in [1.54, 1.807) is 6.92 Å². The van der Waals surface area contributed by atoms with Gasteiger partial charge >= 0.3 is 0 Å². The molecular formula is C16H23FN2O3S. The van der Waals surface area contributed by atoms with E-state index in [-0.39, 0.29) is 23.3 Å². The number of carbonyl (C=O) groups excluding carboxylic acids is 1. The molecule has 1 aromatic rings. The summed E-state index contributed by atoms with van der Waals surface area (Å²) in [4.78, 5) is 14.6. The van der Waals surface area contributed by atoms with Crippen molar-refractivity contribution < 1.29 is 17.6 Å². The van der Waals surface area contributed by atoms with Crippen molar-refractivity contribution in [3.8, 4) is 0 Å². The van der Waals surface area contributed by atoms with E-state index < -0.39 is 10.0 Å².